The topological polar surface area (TPSA) is 85.8 Å². The van der Waals surface area contributed by atoms with E-state index in [-0.39, 0.29) is 5.56 Å². The first-order chi connectivity index (χ1) is 12.1. The Morgan fingerprint density at radius 1 is 1.28 bits per heavy atom. The monoisotopic (exact) mass is 403 g/mol. The zero-order valence-corrected chi connectivity index (χ0v) is 15.6. The molecule has 3 aromatic rings. The summed E-state index contributed by atoms with van der Waals surface area (Å²) in [5.74, 6) is 1.24. The lowest BCUT2D eigenvalue weighted by atomic mass is 10.1. The van der Waals surface area contributed by atoms with Crippen molar-refractivity contribution in [2.75, 3.05) is 11.9 Å². The van der Waals surface area contributed by atoms with Crippen LogP contribution in [0.3, 0.4) is 0 Å². The summed E-state index contributed by atoms with van der Waals surface area (Å²) in [6.07, 6.45) is 3.20. The molecule has 2 heterocycles. The molecule has 1 aromatic carbocycles. The summed E-state index contributed by atoms with van der Waals surface area (Å²) in [7, 11) is 1.62. The van der Waals surface area contributed by atoms with Crippen molar-refractivity contribution in [3.8, 4) is 11.5 Å². The molecule has 0 bridgehead atoms. The number of benzene rings is 1. The Morgan fingerprint density at radius 2 is 2.04 bits per heavy atom. The third-order valence-corrected chi connectivity index (χ3v) is 4.56. The molecule has 7 nitrogen and oxygen atoms in total. The van der Waals surface area contributed by atoms with Crippen LogP contribution >= 0.6 is 15.9 Å². The van der Waals surface area contributed by atoms with Gasteiger partial charge >= 0.3 is 0 Å². The fourth-order valence-electron chi connectivity index (χ4n) is 2.30. The van der Waals surface area contributed by atoms with E-state index >= 15 is 0 Å². The minimum absolute atomic E-state index is 0.166. The molecule has 0 aliphatic carbocycles. The minimum Gasteiger partial charge on any atom is -0.382 e. The fourth-order valence-corrected chi connectivity index (χ4v) is 2.80. The number of aromatic nitrogens is 4. The molecule has 2 aromatic heterocycles. The first-order valence-corrected chi connectivity index (χ1v) is 8.75. The molecule has 3 rings (SSSR count). The molecule has 0 fully saturated rings. The van der Waals surface area contributed by atoms with Crippen molar-refractivity contribution in [3.05, 3.63) is 56.7 Å². The van der Waals surface area contributed by atoms with Gasteiger partial charge < -0.3 is 9.84 Å². The van der Waals surface area contributed by atoms with Gasteiger partial charge in [0.2, 0.25) is 0 Å². The van der Waals surface area contributed by atoms with Gasteiger partial charge in [-0.15, -0.1) is 0 Å². The second-order valence-electron chi connectivity index (χ2n) is 5.54. The van der Waals surface area contributed by atoms with Gasteiger partial charge in [0, 0.05) is 25.6 Å². The van der Waals surface area contributed by atoms with E-state index < -0.39 is 0 Å². The number of rotatable bonds is 6. The average molecular weight is 404 g/mol. The summed E-state index contributed by atoms with van der Waals surface area (Å²) < 4.78 is 7.01. The smallest absolute Gasteiger partial charge is 0.282 e. The van der Waals surface area contributed by atoms with Gasteiger partial charge in [-0.05, 0) is 40.0 Å². The van der Waals surface area contributed by atoms with Gasteiger partial charge in [-0.3, -0.25) is 4.79 Å². The van der Waals surface area contributed by atoms with Crippen LogP contribution in [0.1, 0.15) is 18.3 Å². The number of hydrogen-bond donors (Lipinski definition) is 1. The van der Waals surface area contributed by atoms with Crippen LogP contribution in [0.2, 0.25) is 0 Å². The molecule has 0 spiro atoms. The molecule has 8 heteroatoms. The zero-order valence-electron chi connectivity index (χ0n) is 14.0. The summed E-state index contributed by atoms with van der Waals surface area (Å²) in [6, 6.07) is 8.00. The molecule has 130 valence electrons. The van der Waals surface area contributed by atoms with Crippen LogP contribution < -0.4 is 10.9 Å². The van der Waals surface area contributed by atoms with E-state index in [1.165, 1.54) is 10.2 Å². The van der Waals surface area contributed by atoms with Gasteiger partial charge in [0.15, 0.2) is 5.82 Å². The first-order valence-electron chi connectivity index (χ1n) is 7.96. The Labute approximate surface area is 153 Å². The molecule has 0 aliphatic heterocycles. The second kappa shape index (κ2) is 7.60. The van der Waals surface area contributed by atoms with E-state index in [0.29, 0.717) is 28.4 Å². The Balaban J connectivity index is 1.61. The Hall–Kier alpha value is -2.48. The van der Waals surface area contributed by atoms with Crippen molar-refractivity contribution in [2.45, 2.75) is 19.8 Å². The molecule has 0 radical (unpaired) electrons. The minimum atomic E-state index is -0.166. The zero-order chi connectivity index (χ0) is 17.8. The number of halogens is 1. The maximum absolute atomic E-state index is 11.8. The second-order valence-corrected chi connectivity index (χ2v) is 6.34. The maximum atomic E-state index is 11.8. The highest BCUT2D eigenvalue weighted by Crippen LogP contribution is 2.19. The van der Waals surface area contributed by atoms with Gasteiger partial charge in [0.1, 0.15) is 4.47 Å². The van der Waals surface area contributed by atoms with E-state index in [2.05, 4.69) is 36.5 Å². The lowest BCUT2D eigenvalue weighted by molar-refractivity contribution is 0.423. The Bertz CT molecular complexity index is 918. The normalized spacial score (nSPS) is 10.8. The van der Waals surface area contributed by atoms with Gasteiger partial charge in [0.25, 0.3) is 11.4 Å². The number of nitrogens with one attached hydrogen (secondary N) is 1. The van der Waals surface area contributed by atoms with Crippen molar-refractivity contribution in [3.63, 3.8) is 0 Å². The van der Waals surface area contributed by atoms with E-state index in [0.717, 1.165) is 18.4 Å². The first kappa shape index (κ1) is 17.3. The molecule has 1 N–H and O–H groups in total. The standard InChI is InChI=1S/C17H18BrN5O2/c1-3-14-21-16(25-22-14)12-6-4-11(5-7-12)8-9-19-13-10-20-23(2)17(24)15(13)18/h4-7,10,19H,3,8-9H2,1-2H3. The Morgan fingerprint density at radius 3 is 2.72 bits per heavy atom. The van der Waals surface area contributed by atoms with Gasteiger partial charge in [-0.25, -0.2) is 4.68 Å². The largest absolute Gasteiger partial charge is 0.382 e. The molecular weight excluding hydrogens is 386 g/mol. The predicted octanol–water partition coefficient (Wildman–Crippen LogP) is 2.81. The Kier molecular flexibility index (Phi) is 5.28. The number of hydrogen-bond acceptors (Lipinski definition) is 6. The molecule has 25 heavy (non-hydrogen) atoms. The van der Waals surface area contributed by atoms with Gasteiger partial charge in [-0.2, -0.15) is 10.1 Å². The van der Waals surface area contributed by atoms with Crippen LogP contribution in [-0.4, -0.2) is 26.5 Å². The van der Waals surface area contributed by atoms with Gasteiger partial charge in [-0.1, -0.05) is 24.2 Å². The van der Waals surface area contributed by atoms with Crippen molar-refractivity contribution in [1.82, 2.24) is 19.9 Å². The average Bonchev–Trinajstić information content (AvgIpc) is 3.11. The lowest BCUT2D eigenvalue weighted by Gasteiger charge is -2.08. The van der Waals surface area contributed by atoms with E-state index in [9.17, 15) is 4.79 Å². The highest BCUT2D eigenvalue weighted by molar-refractivity contribution is 9.10. The quantitative estimate of drug-likeness (QED) is 0.680. The molecule has 0 aliphatic rings. The van der Waals surface area contributed by atoms with Crippen LogP contribution in [0.5, 0.6) is 0 Å². The number of aryl methyl sites for hydroxylation is 2. The highest BCUT2D eigenvalue weighted by Gasteiger charge is 2.08. The van der Waals surface area contributed by atoms with Crippen LogP contribution in [0.25, 0.3) is 11.5 Å². The number of nitrogens with zero attached hydrogens (tertiary/aromatic N) is 4. The van der Waals surface area contributed by atoms with E-state index in [1.54, 1.807) is 13.2 Å². The van der Waals surface area contributed by atoms with Crippen molar-refractivity contribution < 1.29 is 4.52 Å². The van der Waals surface area contributed by atoms with Crippen molar-refractivity contribution in [2.24, 2.45) is 7.05 Å². The molecule has 0 amide bonds. The van der Waals surface area contributed by atoms with Gasteiger partial charge in [0.05, 0.1) is 11.9 Å². The number of anilines is 1. The van der Waals surface area contributed by atoms with Crippen LogP contribution in [0, 0.1) is 0 Å². The van der Waals surface area contributed by atoms with Crippen molar-refractivity contribution in [1.29, 1.82) is 0 Å². The molecular formula is C17H18BrN5O2. The van der Waals surface area contributed by atoms with Crippen LogP contribution in [-0.2, 0) is 19.9 Å². The SMILES string of the molecule is CCc1noc(-c2ccc(CCNc3cnn(C)c(=O)c3Br)cc2)n1. The molecule has 0 atom stereocenters. The summed E-state index contributed by atoms with van der Waals surface area (Å²) >= 11 is 3.30. The fraction of sp³-hybridized carbons (Fsp3) is 0.294. The predicted molar refractivity (Wildman–Crippen MR) is 98.5 cm³/mol. The highest BCUT2D eigenvalue weighted by atomic mass is 79.9. The maximum Gasteiger partial charge on any atom is 0.282 e. The summed E-state index contributed by atoms with van der Waals surface area (Å²) in [5, 5.41) is 11.1. The summed E-state index contributed by atoms with van der Waals surface area (Å²) in [5.41, 5.74) is 2.60. The van der Waals surface area contributed by atoms with Crippen LogP contribution in [0.4, 0.5) is 5.69 Å². The lowest BCUT2D eigenvalue weighted by Crippen LogP contribution is -2.21. The third kappa shape index (κ3) is 3.96. The molecule has 0 unspecified atom stereocenters. The summed E-state index contributed by atoms with van der Waals surface area (Å²) in [4.78, 5) is 16.1. The van der Waals surface area contributed by atoms with E-state index in [4.69, 9.17) is 4.52 Å². The third-order valence-electron chi connectivity index (χ3n) is 3.79. The summed E-state index contributed by atoms with van der Waals surface area (Å²) in [6.45, 7) is 2.68. The van der Waals surface area contributed by atoms with Crippen LogP contribution in [0.15, 0.2) is 44.3 Å². The van der Waals surface area contributed by atoms with E-state index in [1.807, 2.05) is 31.2 Å². The van der Waals surface area contributed by atoms with Crippen molar-refractivity contribution >= 4 is 21.6 Å². The molecule has 0 saturated carbocycles. The molecule has 0 saturated heterocycles.